The predicted molar refractivity (Wildman–Crippen MR) is 166 cm³/mol. The van der Waals surface area contributed by atoms with Crippen LogP contribution in [0.15, 0.2) is 72.3 Å². The van der Waals surface area contributed by atoms with Gasteiger partial charge in [0.15, 0.2) is 0 Å². The Morgan fingerprint density at radius 1 is 0.538 bits per heavy atom. The molecule has 0 atom stereocenters. The maximum atomic E-state index is 5.16. The Hall–Kier alpha value is -0.378. The Balaban J connectivity index is -0.000000617. The zero-order chi connectivity index (χ0) is 27.1. The van der Waals surface area contributed by atoms with E-state index in [2.05, 4.69) is 103 Å². The van der Waals surface area contributed by atoms with E-state index >= 15 is 0 Å². The van der Waals surface area contributed by atoms with E-state index in [-0.39, 0.29) is 61.1 Å². The quantitative estimate of drug-likeness (QED) is 0.245. The van der Waals surface area contributed by atoms with Crippen LogP contribution in [0, 0.1) is 0 Å². The number of methoxy groups -OCH3 is 2. The van der Waals surface area contributed by atoms with Gasteiger partial charge in [0.05, 0.1) is 14.2 Å². The van der Waals surface area contributed by atoms with Gasteiger partial charge in [0.1, 0.15) is 11.5 Å². The molecule has 0 N–H and O–H groups in total. The van der Waals surface area contributed by atoms with Crippen molar-refractivity contribution >= 4 is 15.8 Å². The first-order valence-electron chi connectivity index (χ1n) is 13.2. The molecular weight excluding hydrogens is 656 g/mol. The molecule has 0 bridgehead atoms. The molecule has 224 valence electrons. The standard InChI is InChI=1S/2C16H25OP.2ClH.Pd/c2*1-13(2)18(14(3)4)12-6-7-15-8-10-16(17-5)11-9-15;;;/h2*6,8-14H,7H2,1-5H3;2*1H;/q;;;;+2/p-2. The van der Waals surface area contributed by atoms with Crippen LogP contribution in [0.25, 0.3) is 0 Å². The molecule has 39 heavy (non-hydrogen) atoms. The van der Waals surface area contributed by atoms with Crippen LogP contribution >= 0.6 is 15.8 Å². The van der Waals surface area contributed by atoms with E-state index in [9.17, 15) is 0 Å². The Kier molecular flexibility index (Phi) is 26.8. The number of allylic oxidation sites excluding steroid dienone is 2. The molecule has 0 amide bonds. The van der Waals surface area contributed by atoms with Crippen LogP contribution in [0.4, 0.5) is 0 Å². The molecule has 0 fully saturated rings. The van der Waals surface area contributed by atoms with Crippen molar-refractivity contribution in [2.45, 2.75) is 90.9 Å². The van der Waals surface area contributed by atoms with Crippen molar-refractivity contribution in [1.29, 1.82) is 0 Å². The minimum absolute atomic E-state index is 0. The summed E-state index contributed by atoms with van der Waals surface area (Å²) in [5.41, 5.74) is 5.77. The maximum absolute atomic E-state index is 5.16. The molecule has 0 heterocycles. The van der Waals surface area contributed by atoms with Crippen molar-refractivity contribution < 1.29 is 54.7 Å². The second kappa shape index (κ2) is 24.2. The van der Waals surface area contributed by atoms with Crippen LogP contribution in [0.3, 0.4) is 0 Å². The molecular formula is C32H50Cl2O2P2Pd. The summed E-state index contributed by atoms with van der Waals surface area (Å²) >= 11 is 0. The van der Waals surface area contributed by atoms with Crippen molar-refractivity contribution in [2.75, 3.05) is 14.2 Å². The van der Waals surface area contributed by atoms with Gasteiger partial charge in [0, 0.05) is 0 Å². The van der Waals surface area contributed by atoms with Crippen molar-refractivity contribution in [2.24, 2.45) is 0 Å². The summed E-state index contributed by atoms with van der Waals surface area (Å²) in [6.07, 6.45) is 6.69. The molecule has 0 saturated carbocycles. The van der Waals surface area contributed by atoms with Gasteiger partial charge in [-0.3, -0.25) is 0 Å². The van der Waals surface area contributed by atoms with E-state index in [1.54, 1.807) is 14.2 Å². The Morgan fingerprint density at radius 3 is 1.00 bits per heavy atom. The fraction of sp³-hybridized carbons (Fsp3) is 0.500. The van der Waals surface area contributed by atoms with E-state index in [4.69, 9.17) is 9.47 Å². The number of benzene rings is 2. The molecule has 0 aliphatic rings. The molecule has 2 nitrogen and oxygen atoms in total. The topological polar surface area (TPSA) is 18.5 Å². The van der Waals surface area contributed by atoms with Gasteiger partial charge in [-0.15, -0.1) is 0 Å². The molecule has 2 rings (SSSR count). The summed E-state index contributed by atoms with van der Waals surface area (Å²) in [4.78, 5) is 0. The van der Waals surface area contributed by atoms with Gasteiger partial charge >= 0.3 is 20.4 Å². The third kappa shape index (κ3) is 17.9. The van der Waals surface area contributed by atoms with E-state index in [0.29, 0.717) is 0 Å². The smallest absolute Gasteiger partial charge is 1.00 e. The van der Waals surface area contributed by atoms with Gasteiger partial charge in [-0.05, 0) is 70.9 Å². The van der Waals surface area contributed by atoms with Crippen LogP contribution < -0.4 is 34.3 Å². The van der Waals surface area contributed by atoms with E-state index in [1.165, 1.54) is 11.1 Å². The summed E-state index contributed by atoms with van der Waals surface area (Å²) in [5.74, 6) is 6.73. The fourth-order valence-corrected chi connectivity index (χ4v) is 8.49. The Bertz CT molecular complexity index is 808. The molecule has 0 radical (unpaired) electrons. The van der Waals surface area contributed by atoms with Crippen molar-refractivity contribution in [3.8, 4) is 11.5 Å². The Morgan fingerprint density at radius 2 is 0.795 bits per heavy atom. The SMILES string of the molecule is COc1ccc(CC=CP(C(C)C)C(C)C)cc1.COc1ccc(CC=CP(C(C)C)C(C)C)cc1.[Cl-].[Cl-].[Pd+2]. The monoisotopic (exact) mass is 704 g/mol. The second-order valence-corrected chi connectivity index (χ2v) is 16.7. The summed E-state index contributed by atoms with van der Waals surface area (Å²) in [7, 11) is 3.42. The molecule has 0 aromatic heterocycles. The number of hydrogen-bond acceptors (Lipinski definition) is 2. The second-order valence-electron chi connectivity index (χ2n) is 10.1. The summed E-state index contributed by atoms with van der Waals surface area (Å²) < 4.78 is 10.3. The molecule has 7 heteroatoms. The number of halogens is 2. The first-order chi connectivity index (χ1) is 17.1. The van der Waals surface area contributed by atoms with Gasteiger partial charge in [-0.25, -0.2) is 0 Å². The third-order valence-electron chi connectivity index (χ3n) is 5.97. The normalized spacial score (nSPS) is 11.1. The largest absolute Gasteiger partial charge is 2.00 e. The maximum Gasteiger partial charge on any atom is 2.00 e. The molecule has 0 unspecified atom stereocenters. The predicted octanol–water partition coefficient (Wildman–Crippen LogP) is 4.11. The minimum atomic E-state index is 0. The average molecular weight is 706 g/mol. The third-order valence-corrected chi connectivity index (χ3v) is 11.8. The first-order valence-corrected chi connectivity index (χ1v) is 16.3. The zero-order valence-electron chi connectivity index (χ0n) is 25.4. The van der Waals surface area contributed by atoms with Crippen LogP contribution in [0.2, 0.25) is 0 Å². The molecule has 0 aliphatic heterocycles. The van der Waals surface area contributed by atoms with E-state index < -0.39 is 0 Å². The van der Waals surface area contributed by atoms with E-state index in [0.717, 1.165) is 47.0 Å². The van der Waals surface area contributed by atoms with Crippen LogP contribution in [0.5, 0.6) is 11.5 Å². The average Bonchev–Trinajstić information content (AvgIpc) is 2.84. The number of rotatable bonds is 12. The van der Waals surface area contributed by atoms with Gasteiger partial charge in [-0.2, -0.15) is 0 Å². The van der Waals surface area contributed by atoms with E-state index in [1.807, 2.05) is 24.3 Å². The van der Waals surface area contributed by atoms with Crippen molar-refractivity contribution in [3.05, 3.63) is 83.4 Å². The molecule has 0 spiro atoms. The van der Waals surface area contributed by atoms with Crippen molar-refractivity contribution in [3.63, 3.8) is 0 Å². The first kappa shape index (κ1) is 43.1. The minimum Gasteiger partial charge on any atom is -1.00 e. The molecule has 2 aromatic carbocycles. The van der Waals surface area contributed by atoms with Gasteiger partial charge < -0.3 is 34.3 Å². The Labute approximate surface area is 269 Å². The summed E-state index contributed by atoms with van der Waals surface area (Å²) in [6.45, 7) is 18.6. The van der Waals surface area contributed by atoms with Gasteiger partial charge in [-0.1, -0.05) is 119 Å². The molecule has 2 aromatic rings. The van der Waals surface area contributed by atoms with Crippen LogP contribution in [-0.4, -0.2) is 36.9 Å². The summed E-state index contributed by atoms with van der Waals surface area (Å²) in [5, 5.41) is 0. The van der Waals surface area contributed by atoms with Gasteiger partial charge in [0.25, 0.3) is 0 Å². The summed E-state index contributed by atoms with van der Waals surface area (Å²) in [6, 6.07) is 16.6. The molecule has 0 aliphatic carbocycles. The van der Waals surface area contributed by atoms with Crippen LogP contribution in [-0.2, 0) is 33.3 Å². The zero-order valence-corrected chi connectivity index (χ0v) is 30.3. The fourth-order valence-electron chi connectivity index (χ4n) is 4.03. The number of ether oxygens (including phenoxy) is 2. The van der Waals surface area contributed by atoms with Crippen molar-refractivity contribution in [1.82, 2.24) is 0 Å². The molecule has 0 saturated heterocycles. The van der Waals surface area contributed by atoms with Gasteiger partial charge in [0.2, 0.25) is 0 Å². The van der Waals surface area contributed by atoms with Crippen LogP contribution in [0.1, 0.15) is 66.5 Å². The number of hydrogen-bond donors (Lipinski definition) is 0.